The van der Waals surface area contributed by atoms with Gasteiger partial charge in [-0.1, -0.05) is 36.4 Å². The molecule has 2 amide bonds. The van der Waals surface area contributed by atoms with Crippen LogP contribution in [0.15, 0.2) is 60.7 Å². The Kier molecular flexibility index (Phi) is 4.62. The molecule has 6 heteroatoms. The summed E-state index contributed by atoms with van der Waals surface area (Å²) in [6, 6.07) is 18.2. The lowest BCUT2D eigenvalue weighted by molar-refractivity contribution is 0.0747. The number of nitrogens with zero attached hydrogens (tertiary/aromatic N) is 2. The van der Waals surface area contributed by atoms with E-state index in [1.165, 1.54) is 12.1 Å². The fourth-order valence-electron chi connectivity index (χ4n) is 4.40. The first kappa shape index (κ1) is 19.2. The van der Waals surface area contributed by atoms with Crippen LogP contribution in [0.3, 0.4) is 0 Å². The Morgan fingerprint density at radius 2 is 1.45 bits per heavy atom. The maximum absolute atomic E-state index is 13.2. The van der Waals surface area contributed by atoms with Crippen molar-refractivity contribution in [2.75, 3.05) is 7.11 Å². The van der Waals surface area contributed by atoms with Gasteiger partial charge in [-0.05, 0) is 41.0 Å². The molecule has 0 unspecified atom stereocenters. The number of carbonyl (C=O) groups excluding carboxylic acids is 2. The highest BCUT2D eigenvalue weighted by atomic mass is 16.5. The molecule has 3 aromatic rings. The number of benzene rings is 3. The monoisotopic (exact) mass is 414 g/mol. The van der Waals surface area contributed by atoms with Crippen molar-refractivity contribution in [1.29, 1.82) is 0 Å². The molecule has 2 heterocycles. The molecule has 0 bridgehead atoms. The quantitative estimate of drug-likeness (QED) is 0.709. The third kappa shape index (κ3) is 3.30. The summed E-state index contributed by atoms with van der Waals surface area (Å²) >= 11 is 0. The molecule has 6 nitrogen and oxygen atoms in total. The molecular weight excluding hydrogens is 392 g/mol. The molecule has 0 saturated carbocycles. The Hall–Kier alpha value is -3.80. The van der Waals surface area contributed by atoms with Gasteiger partial charge in [0.25, 0.3) is 11.8 Å². The lowest BCUT2D eigenvalue weighted by Crippen LogP contribution is -2.27. The van der Waals surface area contributed by atoms with Crippen molar-refractivity contribution in [3.8, 4) is 11.5 Å². The second-order valence-corrected chi connectivity index (χ2v) is 7.92. The summed E-state index contributed by atoms with van der Waals surface area (Å²) in [5.74, 6) is 0.179. The van der Waals surface area contributed by atoms with Crippen molar-refractivity contribution in [3.05, 3.63) is 94.0 Å². The Balaban J connectivity index is 1.38. The first-order chi connectivity index (χ1) is 15.0. The van der Waals surface area contributed by atoms with E-state index in [1.807, 2.05) is 42.5 Å². The summed E-state index contributed by atoms with van der Waals surface area (Å²) in [6.45, 7) is 1.92. The predicted molar refractivity (Wildman–Crippen MR) is 115 cm³/mol. The lowest BCUT2D eigenvalue weighted by atomic mass is 10.1. The maximum atomic E-state index is 13.2. The SMILES string of the molecule is COc1cccc2c1CN(C(=O)c1ccc(O)c(C(=O)N3Cc4ccccc4C3)c1)C2. The normalized spacial score (nSPS) is 14.4. The minimum absolute atomic E-state index is 0.121. The van der Waals surface area contributed by atoms with Crippen LogP contribution in [0.5, 0.6) is 11.5 Å². The number of methoxy groups -OCH3 is 1. The standard InChI is InChI=1S/C25H22N2O4/c1-31-23-8-4-7-19-14-27(15-21(19)23)24(29)16-9-10-22(28)20(11-16)25(30)26-12-17-5-2-3-6-18(17)13-26/h2-11,28H,12-15H2,1H3. The molecule has 0 atom stereocenters. The van der Waals surface area contributed by atoms with Gasteiger partial charge >= 0.3 is 0 Å². The third-order valence-corrected chi connectivity index (χ3v) is 6.05. The van der Waals surface area contributed by atoms with Crippen LogP contribution < -0.4 is 4.74 Å². The van der Waals surface area contributed by atoms with E-state index in [0.29, 0.717) is 31.7 Å². The zero-order valence-corrected chi connectivity index (χ0v) is 17.2. The summed E-state index contributed by atoms with van der Waals surface area (Å²) in [5.41, 5.74) is 4.79. The average molecular weight is 414 g/mol. The number of carbonyl (C=O) groups is 2. The predicted octanol–water partition coefficient (Wildman–Crippen LogP) is 3.71. The van der Waals surface area contributed by atoms with E-state index in [0.717, 1.165) is 28.0 Å². The van der Waals surface area contributed by atoms with Crippen LogP contribution in [0.4, 0.5) is 0 Å². The lowest BCUT2D eigenvalue weighted by Gasteiger charge is -2.19. The van der Waals surface area contributed by atoms with Crippen molar-refractivity contribution in [3.63, 3.8) is 0 Å². The number of phenols is 1. The molecule has 2 aliphatic rings. The van der Waals surface area contributed by atoms with Gasteiger partial charge in [-0.3, -0.25) is 9.59 Å². The number of aromatic hydroxyl groups is 1. The Bertz CT molecular complexity index is 1180. The van der Waals surface area contributed by atoms with Crippen molar-refractivity contribution in [1.82, 2.24) is 9.80 Å². The van der Waals surface area contributed by atoms with Crippen LogP contribution in [-0.4, -0.2) is 33.8 Å². The molecular formula is C25H22N2O4. The van der Waals surface area contributed by atoms with Gasteiger partial charge in [0.15, 0.2) is 0 Å². The average Bonchev–Trinajstić information content (AvgIpc) is 3.42. The largest absolute Gasteiger partial charge is 0.507 e. The van der Waals surface area contributed by atoms with Crippen molar-refractivity contribution >= 4 is 11.8 Å². The summed E-state index contributed by atoms with van der Waals surface area (Å²) in [4.78, 5) is 29.7. The van der Waals surface area contributed by atoms with Gasteiger partial charge in [0.1, 0.15) is 11.5 Å². The van der Waals surface area contributed by atoms with Crippen LogP contribution in [0, 0.1) is 0 Å². The van der Waals surface area contributed by atoms with Crippen LogP contribution in [0.25, 0.3) is 0 Å². The molecule has 1 N–H and O–H groups in total. The Morgan fingerprint density at radius 1 is 0.806 bits per heavy atom. The molecule has 2 aliphatic heterocycles. The van der Waals surface area contributed by atoms with Gasteiger partial charge in [-0.15, -0.1) is 0 Å². The van der Waals surface area contributed by atoms with E-state index < -0.39 is 0 Å². The van der Waals surface area contributed by atoms with Gasteiger partial charge in [0.2, 0.25) is 0 Å². The van der Waals surface area contributed by atoms with Crippen LogP contribution in [-0.2, 0) is 26.2 Å². The molecule has 156 valence electrons. The van der Waals surface area contributed by atoms with Gasteiger partial charge in [0, 0.05) is 30.8 Å². The molecule has 31 heavy (non-hydrogen) atoms. The van der Waals surface area contributed by atoms with E-state index >= 15 is 0 Å². The van der Waals surface area contributed by atoms with E-state index in [9.17, 15) is 14.7 Å². The summed E-state index contributed by atoms with van der Waals surface area (Å²) in [6.07, 6.45) is 0. The van der Waals surface area contributed by atoms with Crippen molar-refractivity contribution in [2.24, 2.45) is 0 Å². The molecule has 3 aromatic carbocycles. The van der Waals surface area contributed by atoms with Crippen LogP contribution in [0.2, 0.25) is 0 Å². The van der Waals surface area contributed by atoms with Crippen LogP contribution in [0.1, 0.15) is 43.0 Å². The second-order valence-electron chi connectivity index (χ2n) is 7.92. The molecule has 0 aliphatic carbocycles. The highest BCUT2D eigenvalue weighted by Crippen LogP contribution is 2.32. The molecule has 0 spiro atoms. The topological polar surface area (TPSA) is 70.1 Å². The fraction of sp³-hybridized carbons (Fsp3) is 0.200. The number of ether oxygens (including phenoxy) is 1. The van der Waals surface area contributed by atoms with Gasteiger partial charge < -0.3 is 19.6 Å². The summed E-state index contributed by atoms with van der Waals surface area (Å²) in [7, 11) is 1.62. The number of amides is 2. The molecule has 0 saturated heterocycles. The number of rotatable bonds is 3. The fourth-order valence-corrected chi connectivity index (χ4v) is 4.40. The molecule has 0 aromatic heterocycles. The van der Waals surface area contributed by atoms with E-state index in [1.54, 1.807) is 23.0 Å². The molecule has 5 rings (SSSR count). The molecule has 0 radical (unpaired) electrons. The first-order valence-corrected chi connectivity index (χ1v) is 10.2. The third-order valence-electron chi connectivity index (χ3n) is 6.05. The zero-order chi connectivity index (χ0) is 21.5. The van der Waals surface area contributed by atoms with Crippen LogP contribution >= 0.6 is 0 Å². The number of hydrogen-bond acceptors (Lipinski definition) is 4. The van der Waals surface area contributed by atoms with Gasteiger partial charge in [0.05, 0.1) is 19.2 Å². The minimum Gasteiger partial charge on any atom is -0.507 e. The number of hydrogen-bond donors (Lipinski definition) is 1. The Morgan fingerprint density at radius 3 is 2.16 bits per heavy atom. The van der Waals surface area contributed by atoms with E-state index in [-0.39, 0.29) is 23.1 Å². The smallest absolute Gasteiger partial charge is 0.258 e. The zero-order valence-electron chi connectivity index (χ0n) is 17.2. The minimum atomic E-state index is -0.283. The van der Waals surface area contributed by atoms with Crippen molar-refractivity contribution < 1.29 is 19.4 Å². The maximum Gasteiger partial charge on any atom is 0.258 e. The van der Waals surface area contributed by atoms with Gasteiger partial charge in [-0.2, -0.15) is 0 Å². The number of fused-ring (bicyclic) bond motifs is 2. The Labute approximate surface area is 180 Å². The highest BCUT2D eigenvalue weighted by molar-refractivity contribution is 6.01. The van der Waals surface area contributed by atoms with E-state index in [4.69, 9.17) is 4.74 Å². The van der Waals surface area contributed by atoms with Gasteiger partial charge in [-0.25, -0.2) is 0 Å². The van der Waals surface area contributed by atoms with E-state index in [2.05, 4.69) is 0 Å². The highest BCUT2D eigenvalue weighted by Gasteiger charge is 2.29. The summed E-state index contributed by atoms with van der Waals surface area (Å²) < 4.78 is 5.42. The molecule has 0 fully saturated rings. The number of phenolic OH excluding ortho intramolecular Hbond substituents is 1. The van der Waals surface area contributed by atoms with Crippen molar-refractivity contribution in [2.45, 2.75) is 26.2 Å². The summed E-state index contributed by atoms with van der Waals surface area (Å²) in [5, 5.41) is 10.4. The second kappa shape index (κ2) is 7.47. The first-order valence-electron chi connectivity index (χ1n) is 10.2.